The van der Waals surface area contributed by atoms with Crippen LogP contribution in [0.1, 0.15) is 5.69 Å². The van der Waals surface area contributed by atoms with Crippen LogP contribution in [0.15, 0.2) is 38.8 Å². The molecule has 0 saturated heterocycles. The van der Waals surface area contributed by atoms with E-state index in [1.54, 1.807) is 6.20 Å². The maximum absolute atomic E-state index is 11.9. The van der Waals surface area contributed by atoms with Crippen LogP contribution in [0.5, 0.6) is 0 Å². The first-order valence-corrected chi connectivity index (χ1v) is 7.08. The molecule has 0 fully saturated rings. The van der Waals surface area contributed by atoms with Crippen LogP contribution in [0, 0.1) is 0 Å². The van der Waals surface area contributed by atoms with E-state index in [1.165, 1.54) is 11.3 Å². The first-order valence-electron chi connectivity index (χ1n) is 5.47. The highest BCUT2D eigenvalue weighted by Crippen LogP contribution is 2.23. The Morgan fingerprint density at radius 3 is 3.05 bits per heavy atom. The Labute approximate surface area is 120 Å². The van der Waals surface area contributed by atoms with Gasteiger partial charge in [-0.3, -0.25) is 4.79 Å². The average molecular weight is 338 g/mol. The van der Waals surface area contributed by atoms with Crippen LogP contribution in [-0.4, -0.2) is 16.0 Å². The molecule has 0 bridgehead atoms. The van der Waals surface area contributed by atoms with Crippen molar-refractivity contribution in [3.05, 3.63) is 39.9 Å². The zero-order valence-corrected chi connectivity index (χ0v) is 12.0. The molecule has 0 aliphatic rings. The quantitative estimate of drug-likeness (QED) is 0.796. The molecule has 1 amide bonds. The first-order chi connectivity index (χ1) is 9.22. The molecule has 0 atom stereocenters. The van der Waals surface area contributed by atoms with Crippen molar-refractivity contribution in [2.75, 3.05) is 5.32 Å². The van der Waals surface area contributed by atoms with Gasteiger partial charge in [0.05, 0.1) is 16.4 Å². The van der Waals surface area contributed by atoms with Crippen molar-refractivity contribution in [1.82, 2.24) is 10.1 Å². The Morgan fingerprint density at radius 1 is 1.42 bits per heavy atom. The minimum atomic E-state index is -0.166. The predicted octanol–water partition coefficient (Wildman–Crippen LogP) is 3.23. The molecule has 0 unspecified atom stereocenters. The van der Waals surface area contributed by atoms with Crippen molar-refractivity contribution in [3.8, 4) is 0 Å². The van der Waals surface area contributed by atoms with Crippen LogP contribution in [-0.2, 0) is 11.2 Å². The largest absolute Gasteiger partial charge is 0.356 e. The molecule has 96 valence electrons. The van der Waals surface area contributed by atoms with Gasteiger partial charge < -0.3 is 9.84 Å². The highest BCUT2D eigenvalue weighted by molar-refractivity contribution is 9.11. The summed E-state index contributed by atoms with van der Waals surface area (Å²) in [5.74, 6) is -0.166. The molecule has 1 aromatic carbocycles. The van der Waals surface area contributed by atoms with Crippen LogP contribution < -0.4 is 5.32 Å². The molecule has 3 aromatic rings. The Kier molecular flexibility index (Phi) is 3.31. The number of halogens is 1. The standard InChI is InChI=1S/C12H8BrN3O2S/c13-10-6-14-12(19-10)15-11(17)5-8-7-3-1-2-4-9(7)18-16-8/h1-4,6H,5H2,(H,14,15,17). The van der Waals surface area contributed by atoms with Crippen molar-refractivity contribution in [2.24, 2.45) is 0 Å². The second-order valence-electron chi connectivity index (χ2n) is 3.82. The lowest BCUT2D eigenvalue weighted by Crippen LogP contribution is -2.14. The van der Waals surface area contributed by atoms with Gasteiger partial charge in [-0.1, -0.05) is 28.6 Å². The van der Waals surface area contributed by atoms with E-state index in [9.17, 15) is 4.79 Å². The van der Waals surface area contributed by atoms with E-state index in [1.807, 2.05) is 24.3 Å². The number of rotatable bonds is 3. The van der Waals surface area contributed by atoms with E-state index in [-0.39, 0.29) is 12.3 Å². The summed E-state index contributed by atoms with van der Waals surface area (Å²) < 4.78 is 6.02. The predicted molar refractivity (Wildman–Crippen MR) is 76.2 cm³/mol. The van der Waals surface area contributed by atoms with E-state index in [4.69, 9.17) is 4.52 Å². The number of nitrogens with one attached hydrogen (secondary N) is 1. The summed E-state index contributed by atoms with van der Waals surface area (Å²) >= 11 is 4.65. The van der Waals surface area contributed by atoms with Gasteiger partial charge in [-0.25, -0.2) is 4.98 Å². The molecule has 0 radical (unpaired) electrons. The monoisotopic (exact) mass is 337 g/mol. The Balaban J connectivity index is 1.76. The molecule has 0 aliphatic carbocycles. The number of thiazole rings is 1. The van der Waals surface area contributed by atoms with Crippen molar-refractivity contribution in [3.63, 3.8) is 0 Å². The first kappa shape index (κ1) is 12.3. The molecule has 2 heterocycles. The SMILES string of the molecule is O=C(Cc1noc2ccccc12)Nc1ncc(Br)s1. The van der Waals surface area contributed by atoms with Gasteiger partial charge in [0.15, 0.2) is 10.7 Å². The van der Waals surface area contributed by atoms with Crippen molar-refractivity contribution < 1.29 is 9.32 Å². The van der Waals surface area contributed by atoms with Crippen molar-refractivity contribution in [2.45, 2.75) is 6.42 Å². The molecule has 2 aromatic heterocycles. The van der Waals surface area contributed by atoms with E-state index in [2.05, 4.69) is 31.4 Å². The smallest absolute Gasteiger partial charge is 0.232 e. The lowest BCUT2D eigenvalue weighted by Gasteiger charge is -1.98. The van der Waals surface area contributed by atoms with Crippen LogP contribution >= 0.6 is 27.3 Å². The second kappa shape index (κ2) is 5.10. The van der Waals surface area contributed by atoms with Gasteiger partial charge in [0, 0.05) is 5.39 Å². The summed E-state index contributed by atoms with van der Waals surface area (Å²) in [7, 11) is 0. The third-order valence-electron chi connectivity index (χ3n) is 2.50. The summed E-state index contributed by atoms with van der Waals surface area (Å²) in [4.78, 5) is 15.9. The molecule has 1 N–H and O–H groups in total. The highest BCUT2D eigenvalue weighted by Gasteiger charge is 2.13. The van der Waals surface area contributed by atoms with E-state index in [0.29, 0.717) is 16.4 Å². The molecule has 3 rings (SSSR count). The number of fused-ring (bicyclic) bond motifs is 1. The zero-order chi connectivity index (χ0) is 13.2. The lowest BCUT2D eigenvalue weighted by atomic mass is 10.2. The van der Waals surface area contributed by atoms with Crippen LogP contribution in [0.4, 0.5) is 5.13 Å². The number of benzene rings is 1. The average Bonchev–Trinajstić information content (AvgIpc) is 2.97. The number of amides is 1. The molecule has 19 heavy (non-hydrogen) atoms. The Morgan fingerprint density at radius 2 is 2.26 bits per heavy atom. The lowest BCUT2D eigenvalue weighted by molar-refractivity contribution is -0.115. The van der Waals surface area contributed by atoms with Gasteiger partial charge in [-0.15, -0.1) is 0 Å². The van der Waals surface area contributed by atoms with E-state index < -0.39 is 0 Å². The molecule has 0 aliphatic heterocycles. The van der Waals surface area contributed by atoms with Crippen LogP contribution in [0.3, 0.4) is 0 Å². The molecule has 0 saturated carbocycles. The number of anilines is 1. The molecule has 5 nitrogen and oxygen atoms in total. The van der Waals surface area contributed by atoms with Gasteiger partial charge >= 0.3 is 0 Å². The third kappa shape index (κ3) is 2.66. The summed E-state index contributed by atoms with van der Waals surface area (Å²) in [6.45, 7) is 0. The molecule has 0 spiro atoms. The van der Waals surface area contributed by atoms with Crippen LogP contribution in [0.2, 0.25) is 0 Å². The topological polar surface area (TPSA) is 68.0 Å². The fourth-order valence-corrected chi connectivity index (χ4v) is 2.82. The second-order valence-corrected chi connectivity index (χ2v) is 6.23. The van der Waals surface area contributed by atoms with Crippen LogP contribution in [0.25, 0.3) is 11.0 Å². The number of hydrogen-bond acceptors (Lipinski definition) is 5. The number of nitrogens with zero attached hydrogens (tertiary/aromatic N) is 2. The minimum Gasteiger partial charge on any atom is -0.356 e. The number of para-hydroxylation sites is 1. The fraction of sp³-hybridized carbons (Fsp3) is 0.0833. The maximum Gasteiger partial charge on any atom is 0.232 e. The van der Waals surface area contributed by atoms with E-state index >= 15 is 0 Å². The summed E-state index contributed by atoms with van der Waals surface area (Å²) in [5, 5.41) is 8.06. The molecular weight excluding hydrogens is 330 g/mol. The third-order valence-corrected chi connectivity index (χ3v) is 3.90. The summed E-state index contributed by atoms with van der Waals surface area (Å²) in [5.41, 5.74) is 1.31. The summed E-state index contributed by atoms with van der Waals surface area (Å²) in [6, 6.07) is 7.46. The van der Waals surface area contributed by atoms with Gasteiger partial charge in [-0.2, -0.15) is 0 Å². The number of carbonyl (C=O) groups is 1. The maximum atomic E-state index is 11.9. The number of carbonyl (C=O) groups excluding carboxylic acids is 1. The van der Waals surface area contributed by atoms with E-state index in [0.717, 1.165) is 9.17 Å². The summed E-state index contributed by atoms with van der Waals surface area (Å²) in [6.07, 6.45) is 1.81. The molecule has 7 heteroatoms. The minimum absolute atomic E-state index is 0.161. The number of hydrogen-bond donors (Lipinski definition) is 1. The van der Waals surface area contributed by atoms with Gasteiger partial charge in [0.1, 0.15) is 5.69 Å². The van der Waals surface area contributed by atoms with Gasteiger partial charge in [-0.05, 0) is 28.1 Å². The Hall–Kier alpha value is -1.73. The number of aromatic nitrogens is 2. The highest BCUT2D eigenvalue weighted by atomic mass is 79.9. The van der Waals surface area contributed by atoms with Gasteiger partial charge in [0.25, 0.3) is 0 Å². The zero-order valence-electron chi connectivity index (χ0n) is 9.59. The van der Waals surface area contributed by atoms with Crippen molar-refractivity contribution >= 4 is 49.3 Å². The fourth-order valence-electron chi connectivity index (χ4n) is 1.69. The molecular formula is C12H8BrN3O2S. The van der Waals surface area contributed by atoms with Gasteiger partial charge in [0.2, 0.25) is 5.91 Å². The normalized spacial score (nSPS) is 10.8. The van der Waals surface area contributed by atoms with Crippen molar-refractivity contribution in [1.29, 1.82) is 0 Å². The Bertz CT molecular complexity index is 737.